The lowest BCUT2D eigenvalue weighted by Crippen LogP contribution is -1.99. The number of nitrogens with zero attached hydrogens (tertiary/aromatic N) is 2. The zero-order valence-electron chi connectivity index (χ0n) is 11.2. The summed E-state index contributed by atoms with van der Waals surface area (Å²) in [5, 5.41) is 4.31. The third kappa shape index (κ3) is 1.27. The molecule has 0 saturated heterocycles. The molecular formula is C16H17N3O. The molecule has 4 heteroatoms. The molecule has 0 amide bonds. The van der Waals surface area contributed by atoms with Gasteiger partial charge in [0.15, 0.2) is 0 Å². The molecule has 4 nitrogen and oxygen atoms in total. The van der Waals surface area contributed by atoms with Crippen molar-refractivity contribution in [3.8, 4) is 11.1 Å². The number of hydrogen-bond donors (Lipinski definition) is 1. The van der Waals surface area contributed by atoms with Gasteiger partial charge in [-0.1, -0.05) is 5.16 Å². The fraction of sp³-hybridized carbons (Fsp3) is 0.500. The predicted octanol–water partition coefficient (Wildman–Crippen LogP) is 3.08. The molecule has 2 bridgehead atoms. The summed E-state index contributed by atoms with van der Waals surface area (Å²) in [6.45, 7) is 0. The molecule has 0 aromatic carbocycles. The van der Waals surface area contributed by atoms with Crippen LogP contribution >= 0.6 is 0 Å². The second kappa shape index (κ2) is 3.62. The van der Waals surface area contributed by atoms with E-state index in [1.54, 1.807) is 12.4 Å². The first-order valence-electron chi connectivity index (χ1n) is 7.50. The molecule has 3 fully saturated rings. The summed E-state index contributed by atoms with van der Waals surface area (Å²) in [5.74, 6) is 4.59. The van der Waals surface area contributed by atoms with Crippen LogP contribution in [0.25, 0.3) is 11.1 Å². The highest BCUT2D eigenvalue weighted by Gasteiger charge is 2.66. The quantitative estimate of drug-likeness (QED) is 0.908. The van der Waals surface area contributed by atoms with Crippen LogP contribution in [0.4, 0.5) is 5.88 Å². The molecule has 102 valence electrons. The Bertz CT molecular complexity index is 650. The SMILES string of the molecule is Nc1onc(C2C3C4CCC(C4)C23)c1-c1ccncc1. The number of fused-ring (bicyclic) bond motifs is 5. The van der Waals surface area contributed by atoms with Crippen LogP contribution in [0.2, 0.25) is 0 Å². The molecule has 4 unspecified atom stereocenters. The predicted molar refractivity (Wildman–Crippen MR) is 74.7 cm³/mol. The Morgan fingerprint density at radius 2 is 1.80 bits per heavy atom. The Labute approximate surface area is 117 Å². The minimum Gasteiger partial charge on any atom is -0.367 e. The van der Waals surface area contributed by atoms with Crippen LogP contribution in [0.5, 0.6) is 0 Å². The smallest absolute Gasteiger partial charge is 0.230 e. The van der Waals surface area contributed by atoms with E-state index in [0.29, 0.717) is 11.8 Å². The highest BCUT2D eigenvalue weighted by atomic mass is 16.5. The number of anilines is 1. The first kappa shape index (κ1) is 10.9. The number of rotatable bonds is 2. The average Bonchev–Trinajstić information content (AvgIpc) is 2.80. The summed E-state index contributed by atoms with van der Waals surface area (Å²) in [4.78, 5) is 4.07. The lowest BCUT2D eigenvalue weighted by Gasteiger charge is -2.08. The van der Waals surface area contributed by atoms with Gasteiger partial charge in [-0.2, -0.15) is 0 Å². The largest absolute Gasteiger partial charge is 0.367 e. The van der Waals surface area contributed by atoms with Gasteiger partial charge in [-0.3, -0.25) is 4.98 Å². The maximum atomic E-state index is 6.02. The van der Waals surface area contributed by atoms with Gasteiger partial charge in [0, 0.05) is 18.3 Å². The first-order valence-corrected chi connectivity index (χ1v) is 7.50. The number of nitrogen functional groups attached to an aromatic ring is 1. The minimum absolute atomic E-state index is 0.448. The maximum Gasteiger partial charge on any atom is 0.230 e. The van der Waals surface area contributed by atoms with Crippen molar-refractivity contribution in [2.75, 3.05) is 5.73 Å². The van der Waals surface area contributed by atoms with Crippen LogP contribution in [0.3, 0.4) is 0 Å². The number of pyridine rings is 1. The summed E-state index contributed by atoms with van der Waals surface area (Å²) in [7, 11) is 0. The maximum absolute atomic E-state index is 6.02. The van der Waals surface area contributed by atoms with Crippen molar-refractivity contribution in [1.29, 1.82) is 0 Å². The van der Waals surface area contributed by atoms with E-state index in [1.165, 1.54) is 19.3 Å². The average molecular weight is 267 g/mol. The monoisotopic (exact) mass is 267 g/mol. The van der Waals surface area contributed by atoms with Crippen molar-refractivity contribution in [2.45, 2.75) is 25.2 Å². The Morgan fingerprint density at radius 1 is 1.10 bits per heavy atom. The summed E-state index contributed by atoms with van der Waals surface area (Å²) in [5.41, 5.74) is 9.20. The molecule has 2 N–H and O–H groups in total. The topological polar surface area (TPSA) is 64.9 Å². The number of nitrogens with two attached hydrogens (primary N) is 1. The van der Waals surface area contributed by atoms with Gasteiger partial charge in [0.2, 0.25) is 5.88 Å². The molecule has 3 aliphatic rings. The molecule has 0 aliphatic heterocycles. The van der Waals surface area contributed by atoms with Crippen LogP contribution in [0, 0.1) is 23.7 Å². The number of aromatic nitrogens is 2. The highest BCUT2D eigenvalue weighted by molar-refractivity contribution is 5.75. The van der Waals surface area contributed by atoms with Crippen LogP contribution in [-0.4, -0.2) is 10.1 Å². The van der Waals surface area contributed by atoms with Gasteiger partial charge >= 0.3 is 0 Å². The lowest BCUT2D eigenvalue weighted by molar-refractivity contribution is 0.417. The summed E-state index contributed by atoms with van der Waals surface area (Å²) in [6.07, 6.45) is 7.87. The summed E-state index contributed by atoms with van der Waals surface area (Å²) >= 11 is 0. The number of hydrogen-bond acceptors (Lipinski definition) is 4. The van der Waals surface area contributed by atoms with Crippen molar-refractivity contribution in [3.05, 3.63) is 30.2 Å². The zero-order chi connectivity index (χ0) is 13.3. The Morgan fingerprint density at radius 3 is 2.50 bits per heavy atom. The molecule has 3 saturated carbocycles. The van der Waals surface area contributed by atoms with Crippen molar-refractivity contribution >= 4 is 5.88 Å². The Kier molecular flexibility index (Phi) is 1.97. The van der Waals surface area contributed by atoms with Gasteiger partial charge in [-0.25, -0.2) is 0 Å². The van der Waals surface area contributed by atoms with Crippen LogP contribution in [0.15, 0.2) is 29.0 Å². The lowest BCUT2D eigenvalue weighted by atomic mass is 9.96. The molecule has 2 heterocycles. The van der Waals surface area contributed by atoms with Gasteiger partial charge in [-0.15, -0.1) is 0 Å². The molecule has 5 rings (SSSR count). The van der Waals surface area contributed by atoms with Crippen molar-refractivity contribution in [2.24, 2.45) is 23.7 Å². The van der Waals surface area contributed by atoms with E-state index in [2.05, 4.69) is 10.1 Å². The van der Waals surface area contributed by atoms with E-state index < -0.39 is 0 Å². The van der Waals surface area contributed by atoms with Crippen molar-refractivity contribution < 1.29 is 4.52 Å². The molecule has 0 spiro atoms. The minimum atomic E-state index is 0.448. The second-order valence-corrected chi connectivity index (χ2v) is 6.56. The molecule has 2 aromatic heterocycles. The van der Waals surface area contributed by atoms with Gasteiger partial charge in [-0.05, 0) is 60.6 Å². The van der Waals surface area contributed by atoms with E-state index in [9.17, 15) is 0 Å². The van der Waals surface area contributed by atoms with E-state index >= 15 is 0 Å². The van der Waals surface area contributed by atoms with E-state index in [1.807, 2.05) is 12.1 Å². The second-order valence-electron chi connectivity index (χ2n) is 6.56. The van der Waals surface area contributed by atoms with Crippen molar-refractivity contribution in [3.63, 3.8) is 0 Å². The first-order chi connectivity index (χ1) is 9.84. The van der Waals surface area contributed by atoms with Gasteiger partial charge in [0.25, 0.3) is 0 Å². The van der Waals surface area contributed by atoms with Crippen molar-refractivity contribution in [1.82, 2.24) is 10.1 Å². The van der Waals surface area contributed by atoms with E-state index in [-0.39, 0.29) is 0 Å². The van der Waals surface area contributed by atoms with Gasteiger partial charge in [0.05, 0.1) is 11.3 Å². The van der Waals surface area contributed by atoms with Crippen LogP contribution < -0.4 is 5.73 Å². The van der Waals surface area contributed by atoms with Crippen LogP contribution in [0.1, 0.15) is 30.9 Å². The zero-order valence-corrected chi connectivity index (χ0v) is 11.2. The van der Waals surface area contributed by atoms with E-state index in [0.717, 1.165) is 40.5 Å². The van der Waals surface area contributed by atoms with E-state index in [4.69, 9.17) is 10.3 Å². The fourth-order valence-corrected chi connectivity index (χ4v) is 5.04. The molecule has 20 heavy (non-hydrogen) atoms. The molecule has 2 aromatic rings. The molecular weight excluding hydrogens is 250 g/mol. The fourth-order valence-electron chi connectivity index (χ4n) is 5.04. The standard InChI is InChI=1S/C16H17N3O/c17-16-13(8-3-5-18-6-4-8)15(19-20-16)14-11-9-1-2-10(7-9)12(11)14/h3-6,9-12,14H,1-2,7,17H2. The molecule has 4 atom stereocenters. The highest BCUT2D eigenvalue weighted by Crippen LogP contribution is 2.73. The third-order valence-electron chi connectivity index (χ3n) is 5.76. The van der Waals surface area contributed by atoms with Crippen LogP contribution in [-0.2, 0) is 0 Å². The summed E-state index contributed by atoms with van der Waals surface area (Å²) in [6, 6.07) is 3.97. The van der Waals surface area contributed by atoms with Gasteiger partial charge in [0.1, 0.15) is 0 Å². The van der Waals surface area contributed by atoms with Gasteiger partial charge < -0.3 is 10.3 Å². The molecule has 0 radical (unpaired) electrons. The third-order valence-corrected chi connectivity index (χ3v) is 5.76. The Balaban J connectivity index is 1.58. The Hall–Kier alpha value is -1.84. The molecule has 3 aliphatic carbocycles. The summed E-state index contributed by atoms with van der Waals surface area (Å²) < 4.78 is 5.31. The normalized spacial score (nSPS) is 37.1.